The number of thiophene rings is 1. The number of rotatable bonds is 7. The minimum Gasteiger partial charge on any atom is -0.475 e. The van der Waals surface area contributed by atoms with Gasteiger partial charge in [-0.1, -0.05) is 13.8 Å². The fourth-order valence-electron chi connectivity index (χ4n) is 1.65. The molecule has 104 valence electrons. The van der Waals surface area contributed by atoms with E-state index >= 15 is 0 Å². The maximum atomic E-state index is 5.91. The van der Waals surface area contributed by atoms with Gasteiger partial charge in [0.15, 0.2) is 0 Å². The maximum Gasteiger partial charge on any atom is 0.227 e. The zero-order valence-corrected chi connectivity index (χ0v) is 12.7. The molecule has 2 aromatic heterocycles. The van der Waals surface area contributed by atoms with E-state index in [0.717, 1.165) is 29.7 Å². The lowest BCUT2D eigenvalue weighted by molar-refractivity contribution is 0.0996. The first-order chi connectivity index (χ1) is 9.24. The Kier molecular flexibility index (Phi) is 5.36. The van der Waals surface area contributed by atoms with Crippen molar-refractivity contribution in [2.75, 3.05) is 19.8 Å². The van der Waals surface area contributed by atoms with Crippen molar-refractivity contribution in [3.05, 3.63) is 16.2 Å². The van der Waals surface area contributed by atoms with Gasteiger partial charge in [0.1, 0.15) is 11.4 Å². The molecule has 0 saturated carbocycles. The summed E-state index contributed by atoms with van der Waals surface area (Å²) in [5.41, 5.74) is 0. The van der Waals surface area contributed by atoms with Gasteiger partial charge in [-0.05, 0) is 30.5 Å². The summed E-state index contributed by atoms with van der Waals surface area (Å²) in [6.07, 6.45) is 1.98. The van der Waals surface area contributed by atoms with Gasteiger partial charge >= 0.3 is 0 Å². The fourth-order valence-corrected chi connectivity index (χ4v) is 2.82. The molecule has 0 atom stereocenters. The predicted octanol–water partition coefficient (Wildman–Crippen LogP) is 3.71. The minimum absolute atomic E-state index is 0.224. The maximum absolute atomic E-state index is 5.91. The Morgan fingerprint density at radius 2 is 2.05 bits per heavy atom. The average molecular weight is 301 g/mol. The smallest absolute Gasteiger partial charge is 0.227 e. The van der Waals surface area contributed by atoms with Gasteiger partial charge in [0.05, 0.1) is 12.0 Å². The summed E-state index contributed by atoms with van der Waals surface area (Å²) in [6, 6.07) is 2.07. The van der Waals surface area contributed by atoms with Crippen molar-refractivity contribution in [1.82, 2.24) is 9.97 Å². The SMILES string of the molecule is CCCOCCOc1nc(Cl)nc2sc(CC)cc12. The van der Waals surface area contributed by atoms with Crippen LogP contribution >= 0.6 is 22.9 Å². The van der Waals surface area contributed by atoms with Gasteiger partial charge in [-0.25, -0.2) is 4.98 Å². The zero-order chi connectivity index (χ0) is 13.7. The molecule has 0 aliphatic heterocycles. The third-order valence-electron chi connectivity index (χ3n) is 2.54. The monoisotopic (exact) mass is 300 g/mol. The number of fused-ring (bicyclic) bond motifs is 1. The summed E-state index contributed by atoms with van der Waals surface area (Å²) in [5.74, 6) is 0.547. The Hall–Kier alpha value is -0.910. The molecule has 4 nitrogen and oxygen atoms in total. The quantitative estimate of drug-likeness (QED) is 0.577. The Labute approximate surface area is 121 Å². The molecule has 0 N–H and O–H groups in total. The highest BCUT2D eigenvalue weighted by Crippen LogP contribution is 2.31. The van der Waals surface area contributed by atoms with E-state index in [1.807, 2.05) is 0 Å². The second-order valence-corrected chi connectivity index (χ2v) is 5.50. The number of halogens is 1. The lowest BCUT2D eigenvalue weighted by Gasteiger charge is -2.06. The molecule has 0 aliphatic rings. The molecule has 0 saturated heterocycles. The Balaban J connectivity index is 2.10. The van der Waals surface area contributed by atoms with Crippen LogP contribution in [0.4, 0.5) is 0 Å². The van der Waals surface area contributed by atoms with E-state index in [-0.39, 0.29) is 5.28 Å². The minimum atomic E-state index is 0.224. The summed E-state index contributed by atoms with van der Waals surface area (Å²) < 4.78 is 11.0. The molecule has 0 spiro atoms. The van der Waals surface area contributed by atoms with Crippen LogP contribution in [-0.2, 0) is 11.2 Å². The third kappa shape index (κ3) is 3.78. The van der Waals surface area contributed by atoms with E-state index < -0.39 is 0 Å². The summed E-state index contributed by atoms with van der Waals surface area (Å²) in [6.45, 7) is 5.97. The topological polar surface area (TPSA) is 44.2 Å². The average Bonchev–Trinajstić information content (AvgIpc) is 2.81. The van der Waals surface area contributed by atoms with E-state index in [2.05, 4.69) is 29.9 Å². The summed E-state index contributed by atoms with van der Waals surface area (Å²) in [5, 5.41) is 1.16. The number of aryl methyl sites for hydroxylation is 1. The van der Waals surface area contributed by atoms with Crippen molar-refractivity contribution in [3.63, 3.8) is 0 Å². The van der Waals surface area contributed by atoms with Crippen LogP contribution in [0, 0.1) is 0 Å². The highest BCUT2D eigenvalue weighted by Gasteiger charge is 2.11. The molecule has 0 bridgehead atoms. The molecule has 2 aromatic rings. The van der Waals surface area contributed by atoms with Crippen LogP contribution in [-0.4, -0.2) is 29.8 Å². The lowest BCUT2D eigenvalue weighted by Crippen LogP contribution is -2.08. The molecule has 0 aliphatic carbocycles. The molecular weight excluding hydrogens is 284 g/mol. The number of aromatic nitrogens is 2. The number of nitrogens with zero attached hydrogens (tertiary/aromatic N) is 2. The molecule has 0 fully saturated rings. The van der Waals surface area contributed by atoms with Crippen LogP contribution < -0.4 is 4.74 Å². The largest absolute Gasteiger partial charge is 0.475 e. The van der Waals surface area contributed by atoms with Crippen molar-refractivity contribution in [1.29, 1.82) is 0 Å². The van der Waals surface area contributed by atoms with E-state index in [1.165, 1.54) is 4.88 Å². The number of ether oxygens (including phenoxy) is 2. The summed E-state index contributed by atoms with van der Waals surface area (Å²) >= 11 is 7.54. The van der Waals surface area contributed by atoms with E-state index in [4.69, 9.17) is 21.1 Å². The van der Waals surface area contributed by atoms with Crippen molar-refractivity contribution in [3.8, 4) is 5.88 Å². The Morgan fingerprint density at radius 1 is 1.21 bits per heavy atom. The summed E-state index contributed by atoms with van der Waals surface area (Å²) in [7, 11) is 0. The Morgan fingerprint density at radius 3 is 2.79 bits per heavy atom. The van der Waals surface area contributed by atoms with Crippen molar-refractivity contribution in [2.24, 2.45) is 0 Å². The molecule has 0 unspecified atom stereocenters. The van der Waals surface area contributed by atoms with Gasteiger partial charge in [-0.15, -0.1) is 11.3 Å². The van der Waals surface area contributed by atoms with Crippen LogP contribution in [0.1, 0.15) is 25.1 Å². The van der Waals surface area contributed by atoms with Crippen molar-refractivity contribution in [2.45, 2.75) is 26.7 Å². The number of hydrogen-bond acceptors (Lipinski definition) is 5. The molecule has 0 aromatic carbocycles. The van der Waals surface area contributed by atoms with E-state index in [9.17, 15) is 0 Å². The molecule has 2 rings (SSSR count). The second kappa shape index (κ2) is 7.03. The summed E-state index contributed by atoms with van der Waals surface area (Å²) in [4.78, 5) is 10.5. The van der Waals surface area contributed by atoms with Crippen LogP contribution in [0.25, 0.3) is 10.2 Å². The second-order valence-electron chi connectivity index (χ2n) is 4.04. The van der Waals surface area contributed by atoms with Crippen LogP contribution in [0.15, 0.2) is 6.07 Å². The van der Waals surface area contributed by atoms with E-state index in [0.29, 0.717) is 19.1 Å². The van der Waals surface area contributed by atoms with Gasteiger partial charge in [0.2, 0.25) is 11.2 Å². The first-order valence-electron chi connectivity index (χ1n) is 6.41. The third-order valence-corrected chi connectivity index (χ3v) is 3.89. The molecule has 6 heteroatoms. The first kappa shape index (κ1) is 14.5. The molecular formula is C13H17ClN2O2S. The van der Waals surface area contributed by atoms with Gasteiger partial charge in [-0.3, -0.25) is 0 Å². The highest BCUT2D eigenvalue weighted by atomic mass is 35.5. The molecule has 0 amide bonds. The number of hydrogen-bond donors (Lipinski definition) is 0. The van der Waals surface area contributed by atoms with Gasteiger partial charge in [-0.2, -0.15) is 4.98 Å². The molecule has 2 heterocycles. The van der Waals surface area contributed by atoms with Crippen LogP contribution in [0.2, 0.25) is 5.28 Å². The lowest BCUT2D eigenvalue weighted by atomic mass is 10.3. The van der Waals surface area contributed by atoms with Gasteiger partial charge in [0, 0.05) is 11.5 Å². The van der Waals surface area contributed by atoms with E-state index in [1.54, 1.807) is 11.3 Å². The molecule has 19 heavy (non-hydrogen) atoms. The predicted molar refractivity (Wildman–Crippen MR) is 78.4 cm³/mol. The van der Waals surface area contributed by atoms with Gasteiger partial charge in [0.25, 0.3) is 0 Å². The Bertz CT molecular complexity index is 545. The normalized spacial score (nSPS) is 11.1. The van der Waals surface area contributed by atoms with Crippen molar-refractivity contribution >= 4 is 33.2 Å². The van der Waals surface area contributed by atoms with Gasteiger partial charge < -0.3 is 9.47 Å². The molecule has 0 radical (unpaired) electrons. The van der Waals surface area contributed by atoms with Crippen LogP contribution in [0.3, 0.4) is 0 Å². The van der Waals surface area contributed by atoms with Crippen LogP contribution in [0.5, 0.6) is 5.88 Å². The standard InChI is InChI=1S/C13H17ClN2O2S/c1-3-5-17-6-7-18-11-10-8-9(4-2)19-12(10)16-13(14)15-11/h8H,3-7H2,1-2H3. The first-order valence-corrected chi connectivity index (χ1v) is 7.60. The fraction of sp³-hybridized carbons (Fsp3) is 0.538. The van der Waals surface area contributed by atoms with Crippen molar-refractivity contribution < 1.29 is 9.47 Å². The zero-order valence-electron chi connectivity index (χ0n) is 11.1. The highest BCUT2D eigenvalue weighted by molar-refractivity contribution is 7.18.